The lowest BCUT2D eigenvalue weighted by atomic mass is 9.59. The predicted molar refractivity (Wildman–Crippen MR) is 152 cm³/mol. The zero-order valence-electron chi connectivity index (χ0n) is 24.1. The summed E-state index contributed by atoms with van der Waals surface area (Å²) in [6, 6.07) is 14.9. The van der Waals surface area contributed by atoms with E-state index in [9.17, 15) is 0 Å². The van der Waals surface area contributed by atoms with Gasteiger partial charge in [-0.3, -0.25) is 0 Å². The third-order valence-corrected chi connectivity index (χ3v) is 8.66. The molecule has 1 atom stereocenters. The molecule has 0 saturated heterocycles. The molecule has 2 aromatic carbocycles. The Balaban J connectivity index is 2.23. The molecule has 0 radical (unpaired) electrons. The Kier molecular flexibility index (Phi) is 8.11. The molecule has 0 aromatic heterocycles. The quantitative estimate of drug-likeness (QED) is 0.326. The summed E-state index contributed by atoms with van der Waals surface area (Å²) in [6.07, 6.45) is 9.39. The molecule has 0 spiro atoms. The van der Waals surface area contributed by atoms with Gasteiger partial charge in [-0.2, -0.15) is 0 Å². The van der Waals surface area contributed by atoms with Crippen LogP contribution in [0, 0.1) is 11.8 Å². The topological polar surface area (TPSA) is 0 Å². The van der Waals surface area contributed by atoms with Gasteiger partial charge in [0, 0.05) is 5.41 Å². The summed E-state index contributed by atoms with van der Waals surface area (Å²) in [5.74, 6) is 1.22. The molecule has 1 unspecified atom stereocenters. The Morgan fingerprint density at radius 2 is 1.15 bits per heavy atom. The number of unbranched alkanes of at least 4 members (excludes halogenated alkanes) is 4. The predicted octanol–water partition coefficient (Wildman–Crippen LogP) is 10.6. The Morgan fingerprint density at radius 3 is 1.53 bits per heavy atom. The van der Waals surface area contributed by atoms with Crippen molar-refractivity contribution >= 4 is 0 Å². The molecule has 3 rings (SSSR count). The van der Waals surface area contributed by atoms with E-state index in [0.29, 0.717) is 11.8 Å². The van der Waals surface area contributed by atoms with Gasteiger partial charge in [0.25, 0.3) is 0 Å². The van der Waals surface area contributed by atoms with Gasteiger partial charge in [0.15, 0.2) is 0 Å². The Labute approximate surface area is 212 Å². The van der Waals surface area contributed by atoms with Gasteiger partial charge in [-0.25, -0.2) is 0 Å². The van der Waals surface area contributed by atoms with E-state index in [0.717, 1.165) is 0 Å². The Morgan fingerprint density at radius 1 is 0.676 bits per heavy atom. The van der Waals surface area contributed by atoms with E-state index in [2.05, 4.69) is 106 Å². The van der Waals surface area contributed by atoms with Crippen LogP contribution in [-0.4, -0.2) is 0 Å². The van der Waals surface area contributed by atoms with Crippen LogP contribution in [0.5, 0.6) is 0 Å². The van der Waals surface area contributed by atoms with Gasteiger partial charge in [0.05, 0.1) is 0 Å². The molecule has 0 bridgehead atoms. The average Bonchev–Trinajstić information content (AvgIpc) is 3.05. The Bertz CT molecular complexity index is 897. The minimum Gasteiger partial charge on any atom is -0.0654 e. The molecule has 1 aliphatic carbocycles. The molecule has 2 aromatic rings. The van der Waals surface area contributed by atoms with Crippen LogP contribution in [0.25, 0.3) is 11.1 Å². The minimum absolute atomic E-state index is 0.0900. The number of hydrogen-bond donors (Lipinski definition) is 0. The summed E-state index contributed by atoms with van der Waals surface area (Å²) in [5, 5.41) is 0. The van der Waals surface area contributed by atoms with E-state index >= 15 is 0 Å². The number of fused-ring (bicyclic) bond motifs is 3. The van der Waals surface area contributed by atoms with E-state index in [-0.39, 0.29) is 16.2 Å². The maximum absolute atomic E-state index is 2.60. The van der Waals surface area contributed by atoms with Gasteiger partial charge in [-0.05, 0) is 62.5 Å². The molecule has 0 heteroatoms. The van der Waals surface area contributed by atoms with Crippen LogP contribution < -0.4 is 0 Å². The standard InChI is InChI=1S/C34H52/c1-11-13-14-15-16-17-25(12-2)34(24(3)4)30-22-26(32(5,6)7)18-20-28(30)29-21-19-27(23-31(29)34)33(8,9)10/h18-25H,11-17H2,1-10H3. The van der Waals surface area contributed by atoms with Crippen molar-refractivity contribution in [1.29, 1.82) is 0 Å². The van der Waals surface area contributed by atoms with Crippen molar-refractivity contribution in [2.24, 2.45) is 11.8 Å². The monoisotopic (exact) mass is 460 g/mol. The second-order valence-electron chi connectivity index (χ2n) is 13.4. The fourth-order valence-corrected chi connectivity index (χ4v) is 6.60. The summed E-state index contributed by atoms with van der Waals surface area (Å²) < 4.78 is 0. The van der Waals surface area contributed by atoms with Crippen molar-refractivity contribution in [1.82, 2.24) is 0 Å². The molecule has 0 aliphatic heterocycles. The fraction of sp³-hybridized carbons (Fsp3) is 0.647. The molecular weight excluding hydrogens is 408 g/mol. The summed E-state index contributed by atoms with van der Waals surface area (Å²) in [5.41, 5.74) is 9.54. The van der Waals surface area contributed by atoms with Gasteiger partial charge in [0.2, 0.25) is 0 Å². The van der Waals surface area contributed by atoms with Crippen molar-refractivity contribution in [3.63, 3.8) is 0 Å². The normalized spacial score (nSPS) is 16.0. The van der Waals surface area contributed by atoms with Crippen LogP contribution in [0.4, 0.5) is 0 Å². The summed E-state index contributed by atoms with van der Waals surface area (Å²) in [6.45, 7) is 23.9. The van der Waals surface area contributed by atoms with E-state index in [1.807, 2.05) is 0 Å². The Hall–Kier alpha value is -1.56. The highest BCUT2D eigenvalue weighted by molar-refractivity contribution is 5.82. The molecule has 34 heavy (non-hydrogen) atoms. The number of benzene rings is 2. The van der Waals surface area contributed by atoms with Crippen molar-refractivity contribution in [2.75, 3.05) is 0 Å². The molecule has 0 saturated carbocycles. The van der Waals surface area contributed by atoms with E-state index in [1.165, 1.54) is 67.2 Å². The van der Waals surface area contributed by atoms with Crippen LogP contribution in [0.15, 0.2) is 36.4 Å². The highest BCUT2D eigenvalue weighted by atomic mass is 14.5. The second kappa shape index (κ2) is 10.2. The third-order valence-electron chi connectivity index (χ3n) is 8.66. The first-order valence-electron chi connectivity index (χ1n) is 14.2. The highest BCUT2D eigenvalue weighted by Crippen LogP contribution is 2.59. The lowest BCUT2D eigenvalue weighted by Gasteiger charge is -2.44. The van der Waals surface area contributed by atoms with Crippen LogP contribution in [0.2, 0.25) is 0 Å². The SMILES string of the molecule is CCCCCCCC(CC)C1(C(C)C)c2cc(C(C)(C)C)ccc2-c2ccc(C(C)(C)C)cc21. The lowest BCUT2D eigenvalue weighted by Crippen LogP contribution is -2.40. The molecule has 0 heterocycles. The summed E-state index contributed by atoms with van der Waals surface area (Å²) in [7, 11) is 0. The molecule has 0 nitrogen and oxygen atoms in total. The van der Waals surface area contributed by atoms with E-state index < -0.39 is 0 Å². The first-order valence-corrected chi connectivity index (χ1v) is 14.2. The number of rotatable bonds is 9. The average molecular weight is 461 g/mol. The summed E-state index contributed by atoms with van der Waals surface area (Å²) >= 11 is 0. The second-order valence-corrected chi connectivity index (χ2v) is 13.4. The first-order chi connectivity index (χ1) is 15.9. The number of hydrogen-bond acceptors (Lipinski definition) is 0. The smallest absolute Gasteiger partial charge is 0.0266 e. The van der Waals surface area contributed by atoms with Gasteiger partial charge in [0.1, 0.15) is 0 Å². The molecule has 0 fully saturated rings. The lowest BCUT2D eigenvalue weighted by molar-refractivity contribution is 0.219. The maximum Gasteiger partial charge on any atom is 0.0266 e. The van der Waals surface area contributed by atoms with Crippen LogP contribution >= 0.6 is 0 Å². The van der Waals surface area contributed by atoms with E-state index in [4.69, 9.17) is 0 Å². The maximum atomic E-state index is 2.60. The first kappa shape index (κ1) is 27.0. The molecule has 0 amide bonds. The van der Waals surface area contributed by atoms with Gasteiger partial charge in [-0.15, -0.1) is 0 Å². The van der Waals surface area contributed by atoms with Gasteiger partial charge < -0.3 is 0 Å². The van der Waals surface area contributed by atoms with Gasteiger partial charge in [-0.1, -0.05) is 144 Å². The largest absolute Gasteiger partial charge is 0.0654 e. The molecular formula is C34H52. The fourth-order valence-electron chi connectivity index (χ4n) is 6.60. The van der Waals surface area contributed by atoms with Crippen molar-refractivity contribution in [3.05, 3.63) is 58.7 Å². The van der Waals surface area contributed by atoms with E-state index in [1.54, 1.807) is 11.1 Å². The molecule has 1 aliphatic rings. The van der Waals surface area contributed by atoms with Gasteiger partial charge >= 0.3 is 0 Å². The molecule has 188 valence electrons. The van der Waals surface area contributed by atoms with Crippen molar-refractivity contribution in [3.8, 4) is 11.1 Å². The minimum atomic E-state index is 0.0900. The zero-order valence-corrected chi connectivity index (χ0v) is 24.1. The third kappa shape index (κ3) is 4.89. The van der Waals surface area contributed by atoms with Crippen molar-refractivity contribution in [2.45, 2.75) is 130 Å². The molecule has 0 N–H and O–H groups in total. The van der Waals surface area contributed by atoms with Crippen LogP contribution in [-0.2, 0) is 16.2 Å². The zero-order chi connectivity index (χ0) is 25.3. The highest BCUT2D eigenvalue weighted by Gasteiger charge is 2.50. The van der Waals surface area contributed by atoms with Crippen LogP contribution in [0.3, 0.4) is 0 Å². The van der Waals surface area contributed by atoms with Crippen LogP contribution in [0.1, 0.15) is 136 Å². The summed E-state index contributed by atoms with van der Waals surface area (Å²) in [4.78, 5) is 0. The van der Waals surface area contributed by atoms with Crippen molar-refractivity contribution < 1.29 is 0 Å².